The molecule has 3 amide bonds. The molecule has 1 aromatic carbocycles. The fourth-order valence-corrected chi connectivity index (χ4v) is 4.71. The van der Waals surface area contributed by atoms with Crippen molar-refractivity contribution in [1.29, 1.82) is 0 Å². The first kappa shape index (κ1) is 24.0. The zero-order valence-corrected chi connectivity index (χ0v) is 20.0. The first-order chi connectivity index (χ1) is 15.2. The molecule has 3 rings (SSSR count). The first-order valence-electron chi connectivity index (χ1n) is 11.0. The smallest absolute Gasteiger partial charge is 0.318 e. The normalized spacial score (nSPS) is 15.8. The van der Waals surface area contributed by atoms with Gasteiger partial charge in [-0.3, -0.25) is 4.79 Å². The van der Waals surface area contributed by atoms with Crippen molar-refractivity contribution in [2.45, 2.75) is 52.1 Å². The fraction of sp³-hybridized carbons (Fsp3) is 0.500. The Labute approximate surface area is 193 Å². The van der Waals surface area contributed by atoms with E-state index in [1.807, 2.05) is 39.1 Å². The van der Waals surface area contributed by atoms with Crippen LogP contribution in [0.2, 0.25) is 0 Å². The van der Waals surface area contributed by atoms with Gasteiger partial charge in [-0.2, -0.15) is 0 Å². The Balaban J connectivity index is 1.76. The Morgan fingerprint density at radius 3 is 2.72 bits per heavy atom. The number of carbonyl (C=O) groups is 2. The minimum atomic E-state index is -0.431. The van der Waals surface area contributed by atoms with Crippen LogP contribution in [-0.4, -0.2) is 53.5 Å². The minimum Gasteiger partial charge on any atom is -0.488 e. The zero-order valence-electron chi connectivity index (χ0n) is 19.2. The second kappa shape index (κ2) is 10.3. The molecule has 0 aliphatic carbocycles. The third-order valence-corrected chi connectivity index (χ3v) is 6.23. The first-order valence-corrected chi connectivity index (χ1v) is 11.9. The number of carbonyl (C=O) groups excluding carboxylic acids is 2. The summed E-state index contributed by atoms with van der Waals surface area (Å²) in [6, 6.07) is 7.69. The molecule has 1 aliphatic rings. The quantitative estimate of drug-likeness (QED) is 0.655. The number of amides is 3. The number of para-hydroxylation sites is 1. The molecule has 6 nitrogen and oxygen atoms in total. The number of nitrogens with zero attached hydrogens (tertiary/aromatic N) is 2. The van der Waals surface area contributed by atoms with Crippen molar-refractivity contribution in [3.05, 3.63) is 52.0 Å². The van der Waals surface area contributed by atoms with Gasteiger partial charge < -0.3 is 19.9 Å². The average Bonchev–Trinajstić information content (AvgIpc) is 3.20. The van der Waals surface area contributed by atoms with Gasteiger partial charge in [0, 0.05) is 23.5 Å². The Kier molecular flexibility index (Phi) is 7.77. The van der Waals surface area contributed by atoms with Gasteiger partial charge in [-0.05, 0) is 62.8 Å². The van der Waals surface area contributed by atoms with Gasteiger partial charge in [-0.1, -0.05) is 19.1 Å². The summed E-state index contributed by atoms with van der Waals surface area (Å²) in [5, 5.41) is 4.95. The molecule has 1 N–H and O–H groups in total. The molecular weight excluding hydrogens is 429 g/mol. The van der Waals surface area contributed by atoms with Crippen LogP contribution in [0.1, 0.15) is 50.6 Å². The van der Waals surface area contributed by atoms with Crippen LogP contribution in [-0.2, 0) is 11.2 Å². The predicted octanol–water partition coefficient (Wildman–Crippen LogP) is 4.61. The van der Waals surface area contributed by atoms with Crippen molar-refractivity contribution in [2.75, 3.05) is 26.2 Å². The highest BCUT2D eigenvalue weighted by molar-refractivity contribution is 7.10. The van der Waals surface area contributed by atoms with Crippen molar-refractivity contribution in [2.24, 2.45) is 0 Å². The number of benzene rings is 1. The second-order valence-corrected chi connectivity index (χ2v) is 10.00. The Morgan fingerprint density at radius 1 is 1.28 bits per heavy atom. The molecule has 0 saturated carbocycles. The van der Waals surface area contributed by atoms with Crippen LogP contribution in [0.4, 0.5) is 9.18 Å². The number of hydrogen-bond acceptors (Lipinski definition) is 4. The lowest BCUT2D eigenvalue weighted by molar-refractivity contribution is -0.135. The molecule has 32 heavy (non-hydrogen) atoms. The fourth-order valence-electron chi connectivity index (χ4n) is 3.78. The summed E-state index contributed by atoms with van der Waals surface area (Å²) in [5.74, 6) is -0.402. The van der Waals surface area contributed by atoms with Crippen LogP contribution in [0, 0.1) is 5.82 Å². The predicted molar refractivity (Wildman–Crippen MR) is 125 cm³/mol. The van der Waals surface area contributed by atoms with Gasteiger partial charge in [0.25, 0.3) is 0 Å². The zero-order chi connectivity index (χ0) is 23.3. The SMILES string of the molecule is CCCN(CC(=O)N1CCc2sccc2[C@@H]1COc1ccccc1F)C(=O)NC(C)(C)C. The van der Waals surface area contributed by atoms with Gasteiger partial charge in [0.05, 0.1) is 6.04 Å². The van der Waals surface area contributed by atoms with Crippen molar-refractivity contribution < 1.29 is 18.7 Å². The molecule has 1 aromatic heterocycles. The second-order valence-electron chi connectivity index (χ2n) is 9.00. The van der Waals surface area contributed by atoms with E-state index in [-0.39, 0.29) is 42.4 Å². The third kappa shape index (κ3) is 6.00. The number of hydrogen-bond donors (Lipinski definition) is 1. The Hall–Kier alpha value is -2.61. The molecule has 0 spiro atoms. The summed E-state index contributed by atoms with van der Waals surface area (Å²) in [7, 11) is 0. The van der Waals surface area contributed by atoms with Crippen LogP contribution in [0.3, 0.4) is 0 Å². The van der Waals surface area contributed by atoms with Gasteiger partial charge in [0.15, 0.2) is 11.6 Å². The molecular formula is C24H32FN3O3S. The van der Waals surface area contributed by atoms with Crippen molar-refractivity contribution >= 4 is 23.3 Å². The topological polar surface area (TPSA) is 61.9 Å². The molecule has 2 aromatic rings. The van der Waals surface area contributed by atoms with E-state index in [1.165, 1.54) is 10.9 Å². The van der Waals surface area contributed by atoms with Crippen LogP contribution in [0.25, 0.3) is 0 Å². The van der Waals surface area contributed by atoms with Gasteiger partial charge in [-0.15, -0.1) is 11.3 Å². The minimum absolute atomic E-state index is 0.00851. The lowest BCUT2D eigenvalue weighted by atomic mass is 10.0. The summed E-state index contributed by atoms with van der Waals surface area (Å²) in [5.41, 5.74) is 0.644. The van der Waals surface area contributed by atoms with Crippen LogP contribution in [0.15, 0.2) is 35.7 Å². The number of urea groups is 1. The molecule has 1 aliphatic heterocycles. The molecule has 8 heteroatoms. The van der Waals surface area contributed by atoms with E-state index < -0.39 is 5.82 Å². The van der Waals surface area contributed by atoms with E-state index in [1.54, 1.807) is 39.3 Å². The highest BCUT2D eigenvalue weighted by Crippen LogP contribution is 2.34. The number of thiophene rings is 1. The largest absolute Gasteiger partial charge is 0.488 e. The lowest BCUT2D eigenvalue weighted by Gasteiger charge is -2.37. The molecule has 1 atom stereocenters. The van der Waals surface area contributed by atoms with Crippen LogP contribution >= 0.6 is 11.3 Å². The molecule has 2 heterocycles. The molecule has 0 fully saturated rings. The third-order valence-electron chi connectivity index (χ3n) is 5.24. The molecule has 0 bridgehead atoms. The van der Waals surface area contributed by atoms with E-state index in [2.05, 4.69) is 5.32 Å². The standard InChI is InChI=1S/C24H32FN3O3S/c1-5-12-27(23(30)26-24(2,3)4)15-22(29)28-13-10-21-17(11-14-32-21)19(28)16-31-20-9-7-6-8-18(20)25/h6-9,11,14,19H,5,10,12-13,15-16H2,1-4H3,(H,26,30)/t19-/m0/s1. The average molecular weight is 462 g/mol. The maximum atomic E-state index is 14.1. The monoisotopic (exact) mass is 461 g/mol. The number of ether oxygens (including phenoxy) is 1. The van der Waals surface area contributed by atoms with Crippen LogP contribution < -0.4 is 10.1 Å². The van der Waals surface area contributed by atoms with Crippen molar-refractivity contribution in [3.63, 3.8) is 0 Å². The maximum absolute atomic E-state index is 14.1. The number of halogens is 1. The van der Waals surface area contributed by atoms with Gasteiger partial charge >= 0.3 is 6.03 Å². The highest BCUT2D eigenvalue weighted by Gasteiger charge is 2.34. The van der Waals surface area contributed by atoms with Crippen LogP contribution in [0.5, 0.6) is 5.75 Å². The number of nitrogens with one attached hydrogen (secondary N) is 1. The molecule has 174 valence electrons. The summed E-state index contributed by atoms with van der Waals surface area (Å²) in [6.07, 6.45) is 1.51. The molecule has 0 unspecified atom stereocenters. The lowest BCUT2D eigenvalue weighted by Crippen LogP contribution is -2.53. The van der Waals surface area contributed by atoms with Crippen molar-refractivity contribution in [1.82, 2.24) is 15.1 Å². The van der Waals surface area contributed by atoms with E-state index >= 15 is 0 Å². The summed E-state index contributed by atoms with van der Waals surface area (Å²) >= 11 is 1.66. The Bertz CT molecular complexity index is 941. The van der Waals surface area contributed by atoms with Crippen molar-refractivity contribution in [3.8, 4) is 5.75 Å². The summed E-state index contributed by atoms with van der Waals surface area (Å²) in [6.45, 7) is 8.89. The Morgan fingerprint density at radius 2 is 2.03 bits per heavy atom. The van der Waals surface area contributed by atoms with Gasteiger partial charge in [0.1, 0.15) is 13.2 Å². The van der Waals surface area contributed by atoms with E-state index in [4.69, 9.17) is 4.74 Å². The number of rotatable bonds is 7. The van der Waals surface area contributed by atoms with Gasteiger partial charge in [-0.25, -0.2) is 9.18 Å². The summed E-state index contributed by atoms with van der Waals surface area (Å²) in [4.78, 5) is 30.6. The molecule has 0 saturated heterocycles. The number of fused-ring (bicyclic) bond motifs is 1. The summed E-state index contributed by atoms with van der Waals surface area (Å²) < 4.78 is 19.9. The van der Waals surface area contributed by atoms with Gasteiger partial charge in [0.2, 0.25) is 5.91 Å². The maximum Gasteiger partial charge on any atom is 0.318 e. The van der Waals surface area contributed by atoms with E-state index in [9.17, 15) is 14.0 Å². The van der Waals surface area contributed by atoms with E-state index in [0.29, 0.717) is 13.1 Å². The molecule has 0 radical (unpaired) electrons. The highest BCUT2D eigenvalue weighted by atomic mass is 32.1. The van der Waals surface area contributed by atoms with E-state index in [0.717, 1.165) is 18.4 Å².